The Bertz CT molecular complexity index is 1050. The fourth-order valence-corrected chi connectivity index (χ4v) is 3.21. The number of amidine groups is 1. The zero-order valence-electron chi connectivity index (χ0n) is 17.4. The van der Waals surface area contributed by atoms with Gasteiger partial charge >= 0.3 is 5.97 Å². The van der Waals surface area contributed by atoms with Gasteiger partial charge in [0.25, 0.3) is 5.91 Å². The summed E-state index contributed by atoms with van der Waals surface area (Å²) >= 11 is 0. The number of carbonyl (C=O) groups is 3. The van der Waals surface area contributed by atoms with Gasteiger partial charge in [-0.05, 0) is 42.0 Å². The van der Waals surface area contributed by atoms with E-state index in [2.05, 4.69) is 10.3 Å². The molecule has 0 aromatic heterocycles. The first-order chi connectivity index (χ1) is 15.3. The van der Waals surface area contributed by atoms with E-state index in [1.54, 1.807) is 42.3 Å². The molecule has 2 aromatic carbocycles. The standard InChI is InChI=1S/C22H24N4O6/c1-26(16-4-2-3-13(10-16)22(30)31)7-8-32-18(12-27)19(28)21(29)25-15-5-6-17-14(9-15)11-24-20(17)23/h2-6,9-10,12,18-19,28H,7-8,11H2,1H3,(H2,23,24)(H,25,29)(H,30,31). The highest BCUT2D eigenvalue weighted by Crippen LogP contribution is 2.21. The van der Waals surface area contributed by atoms with E-state index in [-0.39, 0.29) is 12.2 Å². The van der Waals surface area contributed by atoms with Gasteiger partial charge in [0.1, 0.15) is 11.9 Å². The van der Waals surface area contributed by atoms with Gasteiger partial charge in [-0.2, -0.15) is 0 Å². The predicted molar refractivity (Wildman–Crippen MR) is 118 cm³/mol. The molecule has 0 radical (unpaired) electrons. The number of aliphatic hydroxyl groups excluding tert-OH is 1. The first-order valence-corrected chi connectivity index (χ1v) is 9.83. The molecule has 10 nitrogen and oxygen atoms in total. The fourth-order valence-electron chi connectivity index (χ4n) is 3.21. The maximum absolute atomic E-state index is 12.4. The number of hydrogen-bond acceptors (Lipinski definition) is 8. The molecule has 3 rings (SSSR count). The number of nitrogens with two attached hydrogens (primary N) is 1. The summed E-state index contributed by atoms with van der Waals surface area (Å²) in [5, 5.41) is 21.9. The van der Waals surface area contributed by atoms with Crippen LogP contribution in [0.3, 0.4) is 0 Å². The lowest BCUT2D eigenvalue weighted by molar-refractivity contribution is -0.139. The quantitative estimate of drug-likeness (QED) is 0.392. The minimum atomic E-state index is -1.71. The van der Waals surface area contributed by atoms with Crippen LogP contribution in [0.1, 0.15) is 21.5 Å². The number of benzene rings is 2. The normalized spacial score (nSPS) is 14.1. The maximum Gasteiger partial charge on any atom is 0.335 e. The highest BCUT2D eigenvalue weighted by atomic mass is 16.5. The van der Waals surface area contributed by atoms with Crippen LogP contribution in [0.15, 0.2) is 47.5 Å². The predicted octanol–water partition coefficient (Wildman–Crippen LogP) is 0.624. The molecule has 1 heterocycles. The monoisotopic (exact) mass is 440 g/mol. The van der Waals surface area contributed by atoms with Crippen LogP contribution in [0.5, 0.6) is 0 Å². The molecule has 0 saturated heterocycles. The number of aliphatic imine (C=N–C) groups is 1. The van der Waals surface area contributed by atoms with Crippen LogP contribution in [0, 0.1) is 0 Å². The Morgan fingerprint density at radius 2 is 2.09 bits per heavy atom. The van der Waals surface area contributed by atoms with E-state index in [1.165, 1.54) is 12.1 Å². The van der Waals surface area contributed by atoms with E-state index in [4.69, 9.17) is 15.6 Å². The highest BCUT2D eigenvalue weighted by Gasteiger charge is 2.27. The Hall–Kier alpha value is -3.76. The van der Waals surface area contributed by atoms with Gasteiger partial charge < -0.3 is 35.7 Å². The van der Waals surface area contributed by atoms with Crippen molar-refractivity contribution < 1.29 is 29.3 Å². The number of nitrogens with zero attached hydrogens (tertiary/aromatic N) is 2. The Balaban J connectivity index is 1.52. The number of carbonyl (C=O) groups excluding carboxylic acids is 2. The van der Waals surface area contributed by atoms with Crippen LogP contribution in [0.2, 0.25) is 0 Å². The number of amides is 1. The number of rotatable bonds is 10. The van der Waals surface area contributed by atoms with Gasteiger partial charge in [0.2, 0.25) is 0 Å². The molecule has 5 N–H and O–H groups in total. The first-order valence-electron chi connectivity index (χ1n) is 9.83. The topological polar surface area (TPSA) is 155 Å². The number of aromatic carboxylic acids is 1. The van der Waals surface area contributed by atoms with E-state index in [0.29, 0.717) is 36.6 Å². The molecule has 32 heavy (non-hydrogen) atoms. The molecule has 0 saturated carbocycles. The molecule has 0 fully saturated rings. The molecule has 2 aromatic rings. The lowest BCUT2D eigenvalue weighted by Crippen LogP contribution is -2.41. The van der Waals surface area contributed by atoms with Crippen LogP contribution in [-0.4, -0.2) is 66.6 Å². The summed E-state index contributed by atoms with van der Waals surface area (Å²) in [7, 11) is 1.73. The van der Waals surface area contributed by atoms with Crippen molar-refractivity contribution in [2.45, 2.75) is 18.8 Å². The molecule has 1 aliphatic heterocycles. The van der Waals surface area contributed by atoms with Crippen LogP contribution in [-0.2, 0) is 20.9 Å². The van der Waals surface area contributed by atoms with Gasteiger partial charge in [0.05, 0.1) is 18.7 Å². The van der Waals surface area contributed by atoms with Gasteiger partial charge in [0, 0.05) is 30.5 Å². The van der Waals surface area contributed by atoms with Crippen LogP contribution in [0.4, 0.5) is 11.4 Å². The van der Waals surface area contributed by atoms with Crippen LogP contribution >= 0.6 is 0 Å². The van der Waals surface area contributed by atoms with E-state index in [0.717, 1.165) is 11.1 Å². The second kappa shape index (κ2) is 10.0. The Kier molecular flexibility index (Phi) is 7.18. The van der Waals surface area contributed by atoms with E-state index < -0.39 is 24.1 Å². The summed E-state index contributed by atoms with van der Waals surface area (Å²) in [6.07, 6.45) is -2.70. The lowest BCUT2D eigenvalue weighted by atomic mass is 10.1. The van der Waals surface area contributed by atoms with E-state index in [9.17, 15) is 19.5 Å². The van der Waals surface area contributed by atoms with Crippen molar-refractivity contribution in [3.8, 4) is 0 Å². The smallest absolute Gasteiger partial charge is 0.335 e. The van der Waals surface area contributed by atoms with Crippen molar-refractivity contribution in [1.82, 2.24) is 0 Å². The Morgan fingerprint density at radius 1 is 1.31 bits per heavy atom. The zero-order valence-corrected chi connectivity index (χ0v) is 17.4. The summed E-state index contributed by atoms with van der Waals surface area (Å²) in [6.45, 7) is 0.737. The molecular formula is C22H24N4O6. The highest BCUT2D eigenvalue weighted by molar-refractivity contribution is 6.02. The van der Waals surface area contributed by atoms with Crippen molar-refractivity contribution in [3.63, 3.8) is 0 Å². The van der Waals surface area contributed by atoms with E-state index >= 15 is 0 Å². The summed E-state index contributed by atoms with van der Waals surface area (Å²) in [5.74, 6) is -1.38. The number of nitrogens with one attached hydrogen (secondary N) is 1. The molecule has 0 aliphatic carbocycles. The third-order valence-electron chi connectivity index (χ3n) is 5.05. The molecule has 1 aliphatic rings. The second-order valence-corrected chi connectivity index (χ2v) is 7.26. The molecule has 168 valence electrons. The van der Waals surface area contributed by atoms with Crippen molar-refractivity contribution in [2.24, 2.45) is 10.7 Å². The number of carboxylic acids is 1. The number of likely N-dealkylation sites (N-methyl/N-ethyl adjacent to an activating group) is 1. The third kappa shape index (κ3) is 5.29. The minimum absolute atomic E-state index is 0.0248. The molecule has 10 heteroatoms. The maximum atomic E-state index is 12.4. The summed E-state index contributed by atoms with van der Waals surface area (Å²) in [5.41, 5.74) is 8.66. The fraction of sp³-hybridized carbons (Fsp3) is 0.273. The van der Waals surface area contributed by atoms with Crippen molar-refractivity contribution in [3.05, 3.63) is 59.2 Å². The number of ether oxygens (including phenoxy) is 1. The summed E-state index contributed by atoms with van der Waals surface area (Å²) in [6, 6.07) is 11.4. The molecule has 0 spiro atoms. The number of anilines is 2. The van der Waals surface area contributed by atoms with Gasteiger partial charge in [0.15, 0.2) is 12.4 Å². The van der Waals surface area contributed by atoms with Crippen molar-refractivity contribution in [2.75, 3.05) is 30.4 Å². The Morgan fingerprint density at radius 3 is 2.81 bits per heavy atom. The number of fused-ring (bicyclic) bond motifs is 1. The first kappa shape index (κ1) is 22.9. The third-order valence-corrected chi connectivity index (χ3v) is 5.05. The average Bonchev–Trinajstić information content (AvgIpc) is 3.16. The number of aldehydes is 1. The summed E-state index contributed by atoms with van der Waals surface area (Å²) in [4.78, 5) is 40.7. The van der Waals surface area contributed by atoms with Crippen molar-refractivity contribution in [1.29, 1.82) is 0 Å². The van der Waals surface area contributed by atoms with Gasteiger partial charge in [-0.25, -0.2) is 4.79 Å². The molecule has 2 atom stereocenters. The largest absolute Gasteiger partial charge is 0.478 e. The SMILES string of the molecule is CN(CCOC(C=O)C(O)C(=O)Nc1ccc2c(c1)CN=C2N)c1cccc(C(=O)O)c1. The molecule has 2 unspecified atom stereocenters. The van der Waals surface area contributed by atoms with Crippen molar-refractivity contribution >= 4 is 35.4 Å². The van der Waals surface area contributed by atoms with Gasteiger partial charge in [-0.3, -0.25) is 9.79 Å². The number of hydrogen-bond donors (Lipinski definition) is 4. The van der Waals surface area contributed by atoms with Crippen LogP contribution in [0.25, 0.3) is 0 Å². The molecular weight excluding hydrogens is 416 g/mol. The molecule has 0 bridgehead atoms. The summed E-state index contributed by atoms with van der Waals surface area (Å²) < 4.78 is 5.40. The average molecular weight is 440 g/mol. The van der Waals surface area contributed by atoms with E-state index in [1.807, 2.05) is 0 Å². The zero-order chi connectivity index (χ0) is 23.3. The van der Waals surface area contributed by atoms with Crippen LogP contribution < -0.4 is 16.0 Å². The van der Waals surface area contributed by atoms with Gasteiger partial charge in [-0.1, -0.05) is 6.07 Å². The number of carboxylic acid groups (broad SMARTS) is 1. The Labute approximate surface area is 184 Å². The van der Waals surface area contributed by atoms with Gasteiger partial charge in [-0.15, -0.1) is 0 Å². The number of aliphatic hydroxyl groups is 1. The lowest BCUT2D eigenvalue weighted by Gasteiger charge is -2.22. The molecule has 1 amide bonds. The minimum Gasteiger partial charge on any atom is -0.478 e. The second-order valence-electron chi connectivity index (χ2n) is 7.26.